The summed E-state index contributed by atoms with van der Waals surface area (Å²) in [6.45, 7) is 1.19. The molecule has 17 heavy (non-hydrogen) atoms. The maximum absolute atomic E-state index is 11.7. The van der Waals surface area contributed by atoms with Crippen molar-refractivity contribution in [2.45, 2.75) is 6.42 Å². The van der Waals surface area contributed by atoms with E-state index in [4.69, 9.17) is 5.11 Å². The van der Waals surface area contributed by atoms with Gasteiger partial charge in [-0.15, -0.1) is 0 Å². The van der Waals surface area contributed by atoms with Crippen molar-refractivity contribution < 1.29 is 14.7 Å². The first-order valence-corrected chi connectivity index (χ1v) is 6.25. The third-order valence-electron chi connectivity index (χ3n) is 2.56. The number of carboxylic acids is 1. The standard InChI is InChI=1S/C11H11IN2O3/c12-7-2-3-9(8(6-7)10(15)16)14-5-1-4-13-11(14)17/h2-3,6H,1,4-5H2,(H,13,17)(H,15,16). The van der Waals surface area contributed by atoms with Crippen molar-refractivity contribution in [2.75, 3.05) is 18.0 Å². The van der Waals surface area contributed by atoms with Crippen molar-refractivity contribution in [3.63, 3.8) is 0 Å². The van der Waals surface area contributed by atoms with Crippen molar-refractivity contribution in [2.24, 2.45) is 0 Å². The third kappa shape index (κ3) is 2.51. The molecule has 2 N–H and O–H groups in total. The van der Waals surface area contributed by atoms with Gasteiger partial charge in [-0.05, 0) is 47.2 Å². The summed E-state index contributed by atoms with van der Waals surface area (Å²) in [6.07, 6.45) is 0.816. The van der Waals surface area contributed by atoms with Gasteiger partial charge in [0.05, 0.1) is 11.3 Å². The fourth-order valence-electron chi connectivity index (χ4n) is 1.77. The van der Waals surface area contributed by atoms with Crippen LogP contribution < -0.4 is 10.2 Å². The molecule has 0 radical (unpaired) electrons. The SMILES string of the molecule is O=C(O)c1cc(I)ccc1N1CCCNC1=O. The Bertz CT molecular complexity index is 476. The Morgan fingerprint density at radius 1 is 1.47 bits per heavy atom. The maximum atomic E-state index is 11.7. The molecule has 1 aliphatic rings. The Labute approximate surface area is 112 Å². The number of carbonyl (C=O) groups excluding carboxylic acids is 1. The van der Waals surface area contributed by atoms with Crippen LogP contribution in [0.25, 0.3) is 0 Å². The highest BCUT2D eigenvalue weighted by atomic mass is 127. The first-order chi connectivity index (χ1) is 8.09. The molecule has 2 rings (SSSR count). The number of carbonyl (C=O) groups is 2. The molecule has 1 saturated heterocycles. The predicted octanol–water partition coefficient (Wildman–Crippen LogP) is 1.91. The van der Waals surface area contributed by atoms with Crippen LogP contribution in [0.1, 0.15) is 16.8 Å². The van der Waals surface area contributed by atoms with Gasteiger partial charge < -0.3 is 10.4 Å². The number of hydrogen-bond donors (Lipinski definition) is 2. The average molecular weight is 346 g/mol. The number of nitrogens with zero attached hydrogens (tertiary/aromatic N) is 1. The summed E-state index contributed by atoms with van der Waals surface area (Å²) in [4.78, 5) is 24.3. The molecule has 0 bridgehead atoms. The number of amides is 2. The second kappa shape index (κ2) is 4.91. The number of rotatable bonds is 2. The van der Waals surface area contributed by atoms with Gasteiger partial charge in [-0.3, -0.25) is 4.90 Å². The Balaban J connectivity index is 2.43. The summed E-state index contributed by atoms with van der Waals surface area (Å²) in [5.41, 5.74) is 0.615. The van der Waals surface area contributed by atoms with Gasteiger partial charge in [-0.25, -0.2) is 9.59 Å². The Hall–Kier alpha value is -1.31. The van der Waals surface area contributed by atoms with Crippen molar-refractivity contribution in [3.8, 4) is 0 Å². The lowest BCUT2D eigenvalue weighted by atomic mass is 10.1. The van der Waals surface area contributed by atoms with Gasteiger partial charge in [0.1, 0.15) is 0 Å². The molecule has 1 aliphatic heterocycles. The summed E-state index contributed by atoms with van der Waals surface area (Å²) in [5, 5.41) is 11.8. The molecule has 6 heteroatoms. The van der Waals surface area contributed by atoms with E-state index in [1.54, 1.807) is 18.2 Å². The van der Waals surface area contributed by atoms with Crippen LogP contribution in [0.3, 0.4) is 0 Å². The van der Waals surface area contributed by atoms with Crippen molar-refractivity contribution in [1.82, 2.24) is 5.32 Å². The summed E-state index contributed by atoms with van der Waals surface area (Å²) in [7, 11) is 0. The van der Waals surface area contributed by atoms with Crippen LogP contribution in [-0.4, -0.2) is 30.2 Å². The molecule has 0 spiro atoms. The zero-order valence-corrected chi connectivity index (χ0v) is 11.1. The van der Waals surface area contributed by atoms with Crippen LogP contribution in [0.5, 0.6) is 0 Å². The van der Waals surface area contributed by atoms with E-state index in [0.717, 1.165) is 9.99 Å². The number of nitrogens with one attached hydrogen (secondary N) is 1. The van der Waals surface area contributed by atoms with E-state index >= 15 is 0 Å². The van der Waals surface area contributed by atoms with Gasteiger partial charge in [0.2, 0.25) is 0 Å². The minimum absolute atomic E-state index is 0.161. The number of anilines is 1. The highest BCUT2D eigenvalue weighted by Crippen LogP contribution is 2.24. The molecule has 5 nitrogen and oxygen atoms in total. The van der Waals surface area contributed by atoms with Crippen LogP contribution >= 0.6 is 22.6 Å². The van der Waals surface area contributed by atoms with E-state index in [1.807, 2.05) is 22.6 Å². The second-order valence-corrected chi connectivity index (χ2v) is 4.95. The normalized spacial score (nSPS) is 15.6. The number of halogens is 1. The van der Waals surface area contributed by atoms with Crippen molar-refractivity contribution in [1.29, 1.82) is 0 Å². The molecule has 1 heterocycles. The van der Waals surface area contributed by atoms with Gasteiger partial charge in [-0.2, -0.15) is 0 Å². The van der Waals surface area contributed by atoms with Gasteiger partial charge in [0.15, 0.2) is 0 Å². The highest BCUT2D eigenvalue weighted by Gasteiger charge is 2.23. The summed E-state index contributed by atoms with van der Waals surface area (Å²) >= 11 is 2.05. The Kier molecular flexibility index (Phi) is 3.51. The van der Waals surface area contributed by atoms with Gasteiger partial charge in [-0.1, -0.05) is 0 Å². The molecule has 0 atom stereocenters. The largest absolute Gasteiger partial charge is 0.478 e. The lowest BCUT2D eigenvalue weighted by molar-refractivity contribution is 0.0697. The number of hydrogen-bond acceptors (Lipinski definition) is 2. The third-order valence-corrected chi connectivity index (χ3v) is 3.23. The number of benzene rings is 1. The van der Waals surface area contributed by atoms with E-state index in [9.17, 15) is 9.59 Å². The molecule has 0 unspecified atom stereocenters. The molecule has 0 aromatic heterocycles. The molecule has 0 saturated carbocycles. The summed E-state index contributed by atoms with van der Waals surface area (Å²) < 4.78 is 0.834. The van der Waals surface area contributed by atoms with Gasteiger partial charge >= 0.3 is 12.0 Å². The Morgan fingerprint density at radius 3 is 2.88 bits per heavy atom. The van der Waals surface area contributed by atoms with E-state index < -0.39 is 5.97 Å². The Morgan fingerprint density at radius 2 is 2.24 bits per heavy atom. The first-order valence-electron chi connectivity index (χ1n) is 5.18. The molecule has 1 fully saturated rings. The monoisotopic (exact) mass is 346 g/mol. The quantitative estimate of drug-likeness (QED) is 0.804. The molecule has 0 aliphatic carbocycles. The first kappa shape index (κ1) is 12.2. The van der Waals surface area contributed by atoms with Crippen LogP contribution in [0.4, 0.5) is 10.5 Å². The summed E-state index contributed by atoms with van der Waals surface area (Å²) in [6, 6.07) is 4.81. The molecular weight excluding hydrogens is 335 g/mol. The van der Waals surface area contributed by atoms with Gasteiger partial charge in [0, 0.05) is 16.7 Å². The lowest BCUT2D eigenvalue weighted by Crippen LogP contribution is -2.47. The van der Waals surface area contributed by atoms with E-state index in [-0.39, 0.29) is 11.6 Å². The molecule has 1 aromatic carbocycles. The highest BCUT2D eigenvalue weighted by molar-refractivity contribution is 14.1. The maximum Gasteiger partial charge on any atom is 0.337 e. The lowest BCUT2D eigenvalue weighted by Gasteiger charge is -2.28. The van der Waals surface area contributed by atoms with Crippen molar-refractivity contribution >= 4 is 40.3 Å². The van der Waals surface area contributed by atoms with E-state index in [1.165, 1.54) is 4.90 Å². The van der Waals surface area contributed by atoms with Crippen LogP contribution in [-0.2, 0) is 0 Å². The number of aromatic carboxylic acids is 1. The van der Waals surface area contributed by atoms with E-state index in [2.05, 4.69) is 5.32 Å². The minimum atomic E-state index is -1.02. The zero-order valence-electron chi connectivity index (χ0n) is 8.94. The molecular formula is C11H11IN2O3. The average Bonchev–Trinajstić information content (AvgIpc) is 2.30. The zero-order chi connectivity index (χ0) is 12.4. The van der Waals surface area contributed by atoms with Crippen molar-refractivity contribution in [3.05, 3.63) is 27.3 Å². The molecule has 1 aromatic rings. The fourth-order valence-corrected chi connectivity index (χ4v) is 2.27. The topological polar surface area (TPSA) is 69.6 Å². The van der Waals surface area contributed by atoms with Gasteiger partial charge in [0.25, 0.3) is 0 Å². The van der Waals surface area contributed by atoms with Crippen LogP contribution in [0.15, 0.2) is 18.2 Å². The van der Waals surface area contributed by atoms with E-state index in [0.29, 0.717) is 18.8 Å². The van der Waals surface area contributed by atoms with Crippen LogP contribution in [0.2, 0.25) is 0 Å². The predicted molar refractivity (Wildman–Crippen MR) is 71.5 cm³/mol. The molecule has 2 amide bonds. The molecule has 90 valence electrons. The smallest absolute Gasteiger partial charge is 0.337 e. The fraction of sp³-hybridized carbons (Fsp3) is 0.273. The van der Waals surface area contributed by atoms with Crippen LogP contribution in [0, 0.1) is 3.57 Å². The second-order valence-electron chi connectivity index (χ2n) is 3.70. The number of carboxylic acid groups (broad SMARTS) is 1. The number of urea groups is 1. The minimum Gasteiger partial charge on any atom is -0.478 e. The summed E-state index contributed by atoms with van der Waals surface area (Å²) in [5.74, 6) is -1.02.